The number of hydrogen-bond donors (Lipinski definition) is 1. The van der Waals surface area contributed by atoms with Crippen LogP contribution in [0.1, 0.15) is 5.82 Å². The molecule has 0 bridgehead atoms. The Bertz CT molecular complexity index is 841. The van der Waals surface area contributed by atoms with Crippen LogP contribution in [0.25, 0.3) is 10.9 Å². The summed E-state index contributed by atoms with van der Waals surface area (Å²) < 4.78 is 39.9. The van der Waals surface area contributed by atoms with E-state index in [4.69, 9.17) is 16.7 Å². The van der Waals surface area contributed by atoms with E-state index >= 15 is 0 Å². The molecule has 0 spiro atoms. The number of carbonyl (C=O) groups is 1. The third-order valence-corrected chi connectivity index (χ3v) is 5.02. The largest absolute Gasteiger partial charge is 0.465 e. The van der Waals surface area contributed by atoms with E-state index in [1.807, 2.05) is 0 Å². The quantitative estimate of drug-likeness (QED) is 0.731. The van der Waals surface area contributed by atoms with Crippen LogP contribution in [0.5, 0.6) is 0 Å². The van der Waals surface area contributed by atoms with Crippen molar-refractivity contribution in [3.63, 3.8) is 0 Å². The van der Waals surface area contributed by atoms with Gasteiger partial charge in [0.25, 0.3) is 0 Å². The molecule has 0 unspecified atom stereocenters. The van der Waals surface area contributed by atoms with Crippen molar-refractivity contribution in [2.24, 2.45) is 0 Å². The standard InChI is InChI=1S/C14H11BrClF3N4O2/c15-8-6-10-7(5-9(8)16)11(21-12(20-10)14(17,18)19)22-1-3-23(4-2-22)13(24)25/h5-6H,1-4H2,(H,24,25). The second-order valence-electron chi connectivity index (χ2n) is 5.41. The average molecular weight is 440 g/mol. The molecule has 134 valence electrons. The molecule has 0 atom stereocenters. The van der Waals surface area contributed by atoms with Gasteiger partial charge in [0.15, 0.2) is 0 Å². The van der Waals surface area contributed by atoms with Crippen LogP contribution < -0.4 is 4.90 Å². The Morgan fingerprint density at radius 1 is 1.20 bits per heavy atom. The van der Waals surface area contributed by atoms with Gasteiger partial charge in [0, 0.05) is 36.0 Å². The van der Waals surface area contributed by atoms with E-state index in [9.17, 15) is 18.0 Å². The highest BCUT2D eigenvalue weighted by Crippen LogP contribution is 2.35. The Balaban J connectivity index is 2.09. The number of anilines is 1. The SMILES string of the molecule is O=C(O)N1CCN(c2nc(C(F)(F)F)nc3cc(Br)c(Cl)cc23)CC1. The van der Waals surface area contributed by atoms with E-state index in [0.29, 0.717) is 14.9 Å². The van der Waals surface area contributed by atoms with Gasteiger partial charge in [0.2, 0.25) is 5.82 Å². The summed E-state index contributed by atoms with van der Waals surface area (Å²) in [5.41, 5.74) is 0.106. The molecule has 6 nitrogen and oxygen atoms in total. The Hall–Kier alpha value is -1.81. The molecule has 1 aromatic carbocycles. The van der Waals surface area contributed by atoms with Gasteiger partial charge in [-0.3, -0.25) is 0 Å². The first-order valence-electron chi connectivity index (χ1n) is 7.13. The summed E-state index contributed by atoms with van der Waals surface area (Å²) in [5.74, 6) is -1.15. The number of benzene rings is 1. The zero-order valence-corrected chi connectivity index (χ0v) is 14.9. The van der Waals surface area contributed by atoms with Crippen molar-refractivity contribution in [3.05, 3.63) is 27.5 Å². The minimum absolute atomic E-state index is 0.0942. The van der Waals surface area contributed by atoms with Crippen LogP contribution >= 0.6 is 27.5 Å². The molecule has 2 heterocycles. The maximum Gasteiger partial charge on any atom is 0.451 e. The van der Waals surface area contributed by atoms with Gasteiger partial charge in [0.05, 0.1) is 10.5 Å². The molecule has 2 aromatic rings. The summed E-state index contributed by atoms with van der Waals surface area (Å²) in [6, 6.07) is 2.91. The lowest BCUT2D eigenvalue weighted by atomic mass is 10.2. The van der Waals surface area contributed by atoms with Gasteiger partial charge in [-0.15, -0.1) is 0 Å². The Kier molecular flexibility index (Phi) is 4.67. The van der Waals surface area contributed by atoms with Gasteiger partial charge in [-0.25, -0.2) is 14.8 Å². The van der Waals surface area contributed by atoms with Crippen LogP contribution in [-0.4, -0.2) is 52.2 Å². The molecule has 1 aliphatic rings. The van der Waals surface area contributed by atoms with Crippen molar-refractivity contribution in [2.75, 3.05) is 31.1 Å². The molecule has 1 aromatic heterocycles. The Morgan fingerprint density at radius 3 is 2.40 bits per heavy atom. The molecule has 0 radical (unpaired) electrons. The number of alkyl halides is 3. The molecule has 1 aliphatic heterocycles. The van der Waals surface area contributed by atoms with Gasteiger partial charge in [0.1, 0.15) is 5.82 Å². The lowest BCUT2D eigenvalue weighted by molar-refractivity contribution is -0.144. The topological polar surface area (TPSA) is 69.6 Å². The first kappa shape index (κ1) is 18.0. The monoisotopic (exact) mass is 438 g/mol. The molecular formula is C14H11BrClF3N4O2. The van der Waals surface area contributed by atoms with Gasteiger partial charge in [-0.05, 0) is 28.1 Å². The van der Waals surface area contributed by atoms with Crippen LogP contribution in [0.2, 0.25) is 5.02 Å². The van der Waals surface area contributed by atoms with Crippen LogP contribution in [0.15, 0.2) is 16.6 Å². The predicted molar refractivity (Wildman–Crippen MR) is 89.1 cm³/mol. The summed E-state index contributed by atoms with van der Waals surface area (Å²) in [5, 5.41) is 9.70. The molecular weight excluding hydrogens is 429 g/mol. The summed E-state index contributed by atoms with van der Waals surface area (Å²) in [4.78, 5) is 21.1. The smallest absolute Gasteiger partial charge is 0.451 e. The molecule has 25 heavy (non-hydrogen) atoms. The molecule has 1 fully saturated rings. The third kappa shape index (κ3) is 3.59. The molecule has 1 saturated heterocycles. The highest BCUT2D eigenvalue weighted by atomic mass is 79.9. The third-order valence-electron chi connectivity index (χ3n) is 3.82. The van der Waals surface area contributed by atoms with Crippen LogP contribution in [0.3, 0.4) is 0 Å². The average Bonchev–Trinajstić information content (AvgIpc) is 2.54. The Morgan fingerprint density at radius 2 is 1.84 bits per heavy atom. The van der Waals surface area contributed by atoms with Crippen molar-refractivity contribution in [2.45, 2.75) is 6.18 Å². The molecule has 1 amide bonds. The molecule has 3 rings (SSSR count). The molecule has 0 aliphatic carbocycles. The molecule has 1 N–H and O–H groups in total. The van der Waals surface area contributed by atoms with Gasteiger partial charge < -0.3 is 14.9 Å². The van der Waals surface area contributed by atoms with E-state index in [2.05, 4.69) is 25.9 Å². The maximum atomic E-state index is 13.1. The number of carboxylic acid groups (broad SMARTS) is 1. The number of halogens is 5. The van der Waals surface area contributed by atoms with Crippen molar-refractivity contribution in [1.82, 2.24) is 14.9 Å². The van der Waals surface area contributed by atoms with Crippen molar-refractivity contribution in [1.29, 1.82) is 0 Å². The van der Waals surface area contributed by atoms with E-state index < -0.39 is 18.1 Å². The summed E-state index contributed by atoms with van der Waals surface area (Å²) in [7, 11) is 0. The van der Waals surface area contributed by atoms with Crippen LogP contribution in [0, 0.1) is 0 Å². The zero-order chi connectivity index (χ0) is 18.4. The first-order chi connectivity index (χ1) is 11.7. The van der Waals surface area contributed by atoms with Crippen molar-refractivity contribution >= 4 is 50.3 Å². The number of fused-ring (bicyclic) bond motifs is 1. The lowest BCUT2D eigenvalue weighted by Crippen LogP contribution is -2.48. The Labute approximate surface area is 153 Å². The lowest BCUT2D eigenvalue weighted by Gasteiger charge is -2.34. The van der Waals surface area contributed by atoms with E-state index in [1.54, 1.807) is 4.90 Å². The fourth-order valence-electron chi connectivity index (χ4n) is 2.58. The fourth-order valence-corrected chi connectivity index (χ4v) is 3.08. The highest BCUT2D eigenvalue weighted by Gasteiger charge is 2.36. The van der Waals surface area contributed by atoms with Crippen molar-refractivity contribution < 1.29 is 23.1 Å². The van der Waals surface area contributed by atoms with Crippen molar-refractivity contribution in [3.8, 4) is 0 Å². The van der Waals surface area contributed by atoms with Crippen LogP contribution in [0.4, 0.5) is 23.8 Å². The minimum Gasteiger partial charge on any atom is -0.465 e. The maximum absolute atomic E-state index is 13.1. The van der Waals surface area contributed by atoms with Gasteiger partial charge >= 0.3 is 12.3 Å². The summed E-state index contributed by atoms with van der Waals surface area (Å²) in [6.07, 6.45) is -5.76. The number of nitrogens with zero attached hydrogens (tertiary/aromatic N) is 4. The second kappa shape index (κ2) is 6.49. The fraction of sp³-hybridized carbons (Fsp3) is 0.357. The highest BCUT2D eigenvalue weighted by molar-refractivity contribution is 9.10. The number of hydrogen-bond acceptors (Lipinski definition) is 4. The minimum atomic E-state index is -4.70. The van der Waals surface area contributed by atoms with E-state index in [0.717, 1.165) is 0 Å². The first-order valence-corrected chi connectivity index (χ1v) is 8.30. The molecule has 0 saturated carbocycles. The van der Waals surface area contributed by atoms with Gasteiger partial charge in [-0.1, -0.05) is 11.6 Å². The van der Waals surface area contributed by atoms with Gasteiger partial charge in [-0.2, -0.15) is 13.2 Å². The number of piperazine rings is 1. The number of amides is 1. The predicted octanol–water partition coefficient (Wildman–Crippen LogP) is 3.86. The number of aromatic nitrogens is 2. The molecule has 11 heteroatoms. The van der Waals surface area contributed by atoms with Crippen LogP contribution in [-0.2, 0) is 6.18 Å². The normalized spacial score (nSPS) is 15.7. The van der Waals surface area contributed by atoms with E-state index in [1.165, 1.54) is 17.0 Å². The summed E-state index contributed by atoms with van der Waals surface area (Å²) in [6.45, 7) is 0.797. The zero-order valence-electron chi connectivity index (χ0n) is 12.5. The second-order valence-corrected chi connectivity index (χ2v) is 6.67. The number of rotatable bonds is 1. The van der Waals surface area contributed by atoms with E-state index in [-0.39, 0.29) is 37.5 Å². The summed E-state index contributed by atoms with van der Waals surface area (Å²) >= 11 is 9.24.